The Kier molecular flexibility index (Phi) is 1.90. The number of nitrogens with zero attached hydrogens (tertiary/aromatic N) is 4. The minimum atomic E-state index is 0. The molecule has 0 saturated carbocycles. The van der Waals surface area contributed by atoms with Crippen LogP contribution in [-0.2, 0) is 20.1 Å². The van der Waals surface area contributed by atoms with Crippen LogP contribution in [0.4, 0.5) is 0 Å². The largest absolute Gasteiger partial charge is 0.395 e. The molecule has 67 valence electrons. The summed E-state index contributed by atoms with van der Waals surface area (Å²) >= 11 is 0. The molecule has 3 aromatic heterocycles. The Hall–Kier alpha value is -1.19. The first-order valence-electron chi connectivity index (χ1n) is 3.62. The van der Waals surface area contributed by atoms with Gasteiger partial charge in [-0.1, -0.05) is 6.20 Å². The molecule has 3 heterocycles. The van der Waals surface area contributed by atoms with Gasteiger partial charge in [-0.2, -0.15) is 22.3 Å². The van der Waals surface area contributed by atoms with Crippen molar-refractivity contribution < 1.29 is 20.1 Å². The molecule has 0 bridgehead atoms. The van der Waals surface area contributed by atoms with E-state index in [1.807, 2.05) is 33.5 Å². The summed E-state index contributed by atoms with van der Waals surface area (Å²) in [4.78, 5) is 0. The predicted octanol–water partition coefficient (Wildman–Crippen LogP) is 0.780. The van der Waals surface area contributed by atoms with Gasteiger partial charge in [0.05, 0.1) is 5.65 Å². The summed E-state index contributed by atoms with van der Waals surface area (Å²) < 4.78 is 3.83. The first-order chi connectivity index (χ1) is 5.95. The van der Waals surface area contributed by atoms with E-state index >= 15 is 0 Å². The topological polar surface area (TPSA) is 34.6 Å². The molecule has 4 nitrogen and oxygen atoms in total. The van der Waals surface area contributed by atoms with E-state index in [9.17, 15) is 0 Å². The Labute approximate surface area is 87.6 Å². The third kappa shape index (κ3) is 1.08. The van der Waals surface area contributed by atoms with Crippen molar-refractivity contribution in [1.29, 1.82) is 0 Å². The van der Waals surface area contributed by atoms with E-state index in [-0.39, 0.29) is 20.1 Å². The van der Waals surface area contributed by atoms with Gasteiger partial charge in [-0.15, -0.1) is 0 Å². The van der Waals surface area contributed by atoms with Gasteiger partial charge in [-0.3, -0.25) is 0 Å². The molecule has 3 aromatic rings. The van der Waals surface area contributed by atoms with Crippen molar-refractivity contribution in [3.05, 3.63) is 37.1 Å². The van der Waals surface area contributed by atoms with Crippen molar-refractivity contribution in [3.8, 4) is 0 Å². The van der Waals surface area contributed by atoms with Gasteiger partial charge in [-0.25, -0.2) is 0 Å². The number of rotatable bonds is 0. The summed E-state index contributed by atoms with van der Waals surface area (Å²) in [6.07, 6.45) is 7.47. The molecule has 0 fully saturated rings. The standard InChI is InChI=1S/C8H5N4.Ir/c1-2-7-8-10-9-6-12(8)5-4-11(7)3-1;/h1,3-6H;/q-1;. The molecular formula is C8H5IrN4-. The Morgan fingerprint density at radius 3 is 2.92 bits per heavy atom. The first-order valence-corrected chi connectivity index (χ1v) is 3.62. The number of fused-ring (bicyclic) bond motifs is 3. The van der Waals surface area contributed by atoms with Crippen molar-refractivity contribution in [2.75, 3.05) is 0 Å². The molecule has 0 saturated heterocycles. The van der Waals surface area contributed by atoms with Crippen LogP contribution in [0.5, 0.6) is 0 Å². The Balaban J connectivity index is 0.000000653. The third-order valence-corrected chi connectivity index (χ3v) is 1.89. The fourth-order valence-corrected chi connectivity index (χ4v) is 1.31. The molecule has 0 unspecified atom stereocenters. The Bertz CT molecular complexity index is 489. The molecule has 0 aliphatic heterocycles. The molecule has 0 N–H and O–H groups in total. The molecule has 0 aromatic carbocycles. The van der Waals surface area contributed by atoms with Crippen molar-refractivity contribution in [2.24, 2.45) is 0 Å². The van der Waals surface area contributed by atoms with Gasteiger partial charge in [0, 0.05) is 32.5 Å². The van der Waals surface area contributed by atoms with Crippen molar-refractivity contribution in [2.45, 2.75) is 0 Å². The van der Waals surface area contributed by atoms with Gasteiger partial charge in [0.25, 0.3) is 0 Å². The maximum Gasteiger partial charge on any atom is 0.111 e. The average Bonchev–Trinajstić information content (AvgIpc) is 2.71. The van der Waals surface area contributed by atoms with Crippen LogP contribution in [0.3, 0.4) is 0 Å². The summed E-state index contributed by atoms with van der Waals surface area (Å²) in [5.41, 5.74) is 1.79. The minimum Gasteiger partial charge on any atom is -0.395 e. The molecule has 0 aliphatic rings. The van der Waals surface area contributed by atoms with Gasteiger partial charge >= 0.3 is 0 Å². The average molecular weight is 349 g/mol. The molecule has 13 heavy (non-hydrogen) atoms. The van der Waals surface area contributed by atoms with E-state index in [2.05, 4.69) is 16.3 Å². The minimum absolute atomic E-state index is 0. The summed E-state index contributed by atoms with van der Waals surface area (Å²) in [6, 6.07) is 4.95. The van der Waals surface area contributed by atoms with E-state index in [1.165, 1.54) is 0 Å². The van der Waals surface area contributed by atoms with E-state index < -0.39 is 0 Å². The maximum absolute atomic E-state index is 3.98. The second kappa shape index (κ2) is 2.94. The van der Waals surface area contributed by atoms with Crippen LogP contribution in [-0.4, -0.2) is 19.0 Å². The molecule has 0 amide bonds. The zero-order valence-corrected chi connectivity index (χ0v) is 8.90. The maximum atomic E-state index is 3.98. The van der Waals surface area contributed by atoms with Gasteiger partial charge in [0.15, 0.2) is 0 Å². The van der Waals surface area contributed by atoms with Crippen LogP contribution in [0.15, 0.2) is 31.0 Å². The van der Waals surface area contributed by atoms with Gasteiger partial charge in [-0.05, 0) is 5.52 Å². The van der Waals surface area contributed by atoms with E-state index in [4.69, 9.17) is 0 Å². The van der Waals surface area contributed by atoms with Crippen molar-refractivity contribution >= 4 is 11.2 Å². The fraction of sp³-hybridized carbons (Fsp3) is 0. The Morgan fingerprint density at radius 1 is 1.15 bits per heavy atom. The SMILES string of the molecule is [Ir].[c-]1ccn2ccn3cnnc3c12. The molecule has 0 spiro atoms. The van der Waals surface area contributed by atoms with Crippen LogP contribution < -0.4 is 0 Å². The van der Waals surface area contributed by atoms with Gasteiger partial charge in [0.1, 0.15) is 6.33 Å². The van der Waals surface area contributed by atoms with E-state index in [0.29, 0.717) is 0 Å². The summed E-state index contributed by atoms with van der Waals surface area (Å²) in [7, 11) is 0. The molecule has 1 radical (unpaired) electrons. The van der Waals surface area contributed by atoms with E-state index in [0.717, 1.165) is 11.2 Å². The van der Waals surface area contributed by atoms with E-state index in [1.54, 1.807) is 6.33 Å². The number of aromatic nitrogens is 4. The normalized spacial score (nSPS) is 10.5. The van der Waals surface area contributed by atoms with Gasteiger partial charge < -0.3 is 8.80 Å². The zero-order chi connectivity index (χ0) is 7.97. The molecule has 3 rings (SSSR count). The second-order valence-corrected chi connectivity index (χ2v) is 2.58. The monoisotopic (exact) mass is 350 g/mol. The fourth-order valence-electron chi connectivity index (χ4n) is 1.31. The molecule has 0 atom stereocenters. The van der Waals surface area contributed by atoms with Crippen LogP contribution in [0.2, 0.25) is 0 Å². The zero-order valence-electron chi connectivity index (χ0n) is 6.51. The molecule has 0 aliphatic carbocycles. The molecular weight excluding hydrogens is 344 g/mol. The Morgan fingerprint density at radius 2 is 2.00 bits per heavy atom. The van der Waals surface area contributed by atoms with Crippen LogP contribution in [0.1, 0.15) is 0 Å². The van der Waals surface area contributed by atoms with Crippen LogP contribution in [0, 0.1) is 6.07 Å². The van der Waals surface area contributed by atoms with Crippen molar-refractivity contribution in [1.82, 2.24) is 19.0 Å². The predicted molar refractivity (Wildman–Crippen MR) is 42.8 cm³/mol. The van der Waals surface area contributed by atoms with Crippen molar-refractivity contribution in [3.63, 3.8) is 0 Å². The van der Waals surface area contributed by atoms with Gasteiger partial charge in [0.2, 0.25) is 0 Å². The molecule has 5 heteroatoms. The number of hydrogen-bond acceptors (Lipinski definition) is 2. The summed E-state index contributed by atoms with van der Waals surface area (Å²) in [5.74, 6) is 0. The second-order valence-electron chi connectivity index (χ2n) is 2.58. The van der Waals surface area contributed by atoms with Crippen LogP contribution in [0.25, 0.3) is 11.2 Å². The third-order valence-electron chi connectivity index (χ3n) is 1.89. The quantitative estimate of drug-likeness (QED) is 0.562. The summed E-state index contributed by atoms with van der Waals surface area (Å²) in [6.45, 7) is 0. The smallest absolute Gasteiger partial charge is 0.111 e. The number of hydrogen-bond donors (Lipinski definition) is 0. The van der Waals surface area contributed by atoms with Crippen LogP contribution >= 0.6 is 0 Å². The first kappa shape index (κ1) is 8.41. The summed E-state index contributed by atoms with van der Waals surface area (Å²) in [5, 5.41) is 7.79.